The summed E-state index contributed by atoms with van der Waals surface area (Å²) < 4.78 is 3.51. The van der Waals surface area contributed by atoms with Gasteiger partial charge in [0.2, 0.25) is 0 Å². The highest BCUT2D eigenvalue weighted by Crippen LogP contribution is 2.15. The minimum Gasteiger partial charge on any atom is -0.394 e. The summed E-state index contributed by atoms with van der Waals surface area (Å²) in [5, 5.41) is 20.1. The van der Waals surface area contributed by atoms with Gasteiger partial charge in [0.15, 0.2) is 0 Å². The van der Waals surface area contributed by atoms with Crippen LogP contribution in [0, 0.1) is 0 Å². The molecule has 7 nitrogen and oxygen atoms in total. The molecule has 0 radical (unpaired) electrons. The van der Waals surface area contributed by atoms with Crippen molar-refractivity contribution in [1.29, 1.82) is 0 Å². The smallest absolute Gasteiger partial charge is 0.283 e. The number of hydrogen-bond donors (Lipinski definition) is 2. The van der Waals surface area contributed by atoms with Crippen molar-refractivity contribution in [1.82, 2.24) is 19.6 Å². The van der Waals surface area contributed by atoms with Crippen molar-refractivity contribution >= 4 is 21.6 Å². The molecule has 108 valence electrons. The van der Waals surface area contributed by atoms with Gasteiger partial charge in [0.25, 0.3) is 5.56 Å². The third-order valence-corrected chi connectivity index (χ3v) is 3.50. The second-order valence-corrected chi connectivity index (χ2v) is 4.97. The Balaban J connectivity index is 1.89. The number of nitrogens with one attached hydrogen (secondary N) is 1. The van der Waals surface area contributed by atoms with Crippen LogP contribution in [0.25, 0.3) is 0 Å². The summed E-state index contributed by atoms with van der Waals surface area (Å²) in [5.41, 5.74) is 0.404. The Morgan fingerprint density at radius 1 is 1.35 bits per heavy atom. The Labute approximate surface area is 124 Å². The highest BCUT2D eigenvalue weighted by Gasteiger charge is 2.07. The quantitative estimate of drug-likeness (QED) is 0.724. The minimum absolute atomic E-state index is 0.115. The molecular weight excluding hydrogens is 326 g/mol. The number of nitrogens with zero attached hydrogens (tertiary/aromatic N) is 4. The van der Waals surface area contributed by atoms with E-state index in [1.807, 2.05) is 16.9 Å². The number of aromatic nitrogens is 4. The van der Waals surface area contributed by atoms with Gasteiger partial charge in [-0.2, -0.15) is 10.2 Å². The lowest BCUT2D eigenvalue weighted by Crippen LogP contribution is -2.26. The number of anilines is 1. The molecule has 0 aromatic carbocycles. The van der Waals surface area contributed by atoms with Crippen molar-refractivity contribution in [3.8, 4) is 0 Å². The Morgan fingerprint density at radius 3 is 2.90 bits per heavy atom. The molecule has 0 aliphatic heterocycles. The predicted molar refractivity (Wildman–Crippen MR) is 78.6 cm³/mol. The summed E-state index contributed by atoms with van der Waals surface area (Å²) in [6.45, 7) is 1.60. The molecule has 2 aromatic rings. The summed E-state index contributed by atoms with van der Waals surface area (Å²) in [5.74, 6) is 0. The van der Waals surface area contributed by atoms with Crippen LogP contribution in [-0.2, 0) is 13.1 Å². The summed E-state index contributed by atoms with van der Waals surface area (Å²) in [6, 6.07) is 1.88. The summed E-state index contributed by atoms with van der Waals surface area (Å²) in [6.07, 6.45) is 6.12. The van der Waals surface area contributed by atoms with Crippen molar-refractivity contribution in [2.45, 2.75) is 19.5 Å². The van der Waals surface area contributed by atoms with E-state index in [4.69, 9.17) is 5.11 Å². The lowest BCUT2D eigenvalue weighted by Gasteiger charge is -2.09. The number of halogens is 1. The summed E-state index contributed by atoms with van der Waals surface area (Å²) in [7, 11) is 0. The lowest BCUT2D eigenvalue weighted by atomic mass is 10.4. The number of aliphatic hydroxyl groups is 1. The number of rotatable bonds is 7. The molecule has 2 N–H and O–H groups in total. The maximum absolute atomic E-state index is 11.9. The Bertz CT molecular complexity index is 596. The first kappa shape index (κ1) is 14.7. The van der Waals surface area contributed by atoms with Crippen LogP contribution in [0.1, 0.15) is 6.42 Å². The van der Waals surface area contributed by atoms with E-state index in [9.17, 15) is 4.79 Å². The first-order valence-electron chi connectivity index (χ1n) is 6.30. The Kier molecular flexibility index (Phi) is 5.31. The van der Waals surface area contributed by atoms with Gasteiger partial charge in [-0.15, -0.1) is 0 Å². The first-order chi connectivity index (χ1) is 9.72. The fraction of sp³-hybridized carbons (Fsp3) is 0.417. The van der Waals surface area contributed by atoms with Crippen LogP contribution in [0.5, 0.6) is 0 Å². The van der Waals surface area contributed by atoms with Crippen molar-refractivity contribution in [3.63, 3.8) is 0 Å². The average molecular weight is 342 g/mol. The first-order valence-corrected chi connectivity index (χ1v) is 7.09. The van der Waals surface area contributed by atoms with Crippen LogP contribution in [0.4, 0.5) is 5.69 Å². The maximum Gasteiger partial charge on any atom is 0.283 e. The van der Waals surface area contributed by atoms with Gasteiger partial charge in [0.05, 0.1) is 25.0 Å². The van der Waals surface area contributed by atoms with Crippen LogP contribution in [0.15, 0.2) is 33.9 Å². The Morgan fingerprint density at radius 2 is 2.20 bits per heavy atom. The van der Waals surface area contributed by atoms with Gasteiger partial charge in [-0.25, -0.2) is 4.68 Å². The SMILES string of the molecule is O=c1c(Br)c(NCCCn2cccn2)cnn1CCO. The third kappa shape index (κ3) is 3.67. The zero-order chi connectivity index (χ0) is 14.4. The van der Waals surface area contributed by atoms with Gasteiger partial charge < -0.3 is 10.4 Å². The van der Waals surface area contributed by atoms with Gasteiger partial charge >= 0.3 is 0 Å². The van der Waals surface area contributed by atoms with Gasteiger partial charge in [-0.3, -0.25) is 9.48 Å². The molecule has 2 aromatic heterocycles. The second kappa shape index (κ2) is 7.20. The molecule has 0 fully saturated rings. The molecule has 0 spiro atoms. The van der Waals surface area contributed by atoms with E-state index in [0.29, 0.717) is 16.7 Å². The van der Waals surface area contributed by atoms with Crippen molar-refractivity contribution < 1.29 is 5.11 Å². The van der Waals surface area contributed by atoms with Crippen molar-refractivity contribution in [2.24, 2.45) is 0 Å². The van der Waals surface area contributed by atoms with Crippen LogP contribution in [-0.4, -0.2) is 37.8 Å². The zero-order valence-electron chi connectivity index (χ0n) is 10.9. The summed E-state index contributed by atoms with van der Waals surface area (Å²) in [4.78, 5) is 11.9. The molecule has 2 heterocycles. The van der Waals surface area contributed by atoms with E-state index in [1.165, 1.54) is 4.68 Å². The van der Waals surface area contributed by atoms with E-state index < -0.39 is 0 Å². The maximum atomic E-state index is 11.9. The second-order valence-electron chi connectivity index (χ2n) is 4.17. The highest BCUT2D eigenvalue weighted by atomic mass is 79.9. The fourth-order valence-corrected chi connectivity index (χ4v) is 2.19. The zero-order valence-corrected chi connectivity index (χ0v) is 12.5. The normalized spacial score (nSPS) is 10.7. The van der Waals surface area contributed by atoms with E-state index in [1.54, 1.807) is 12.4 Å². The standard InChI is InChI=1S/C12H16BrN5O2/c13-11-10(9-16-18(7-8-19)12(11)20)14-3-1-5-17-6-2-4-15-17/h2,4,6,9,14,19H,1,3,5,7-8H2. The largest absolute Gasteiger partial charge is 0.394 e. The van der Waals surface area contributed by atoms with E-state index in [0.717, 1.165) is 13.0 Å². The van der Waals surface area contributed by atoms with Crippen LogP contribution < -0.4 is 10.9 Å². The molecule has 0 aliphatic carbocycles. The van der Waals surface area contributed by atoms with E-state index in [-0.39, 0.29) is 18.7 Å². The van der Waals surface area contributed by atoms with Gasteiger partial charge in [-0.1, -0.05) is 0 Å². The fourth-order valence-electron chi connectivity index (χ4n) is 1.74. The van der Waals surface area contributed by atoms with Crippen molar-refractivity contribution in [3.05, 3.63) is 39.5 Å². The average Bonchev–Trinajstić information content (AvgIpc) is 2.95. The molecule has 0 aliphatic rings. The highest BCUT2D eigenvalue weighted by molar-refractivity contribution is 9.10. The lowest BCUT2D eigenvalue weighted by molar-refractivity contribution is 0.266. The monoisotopic (exact) mass is 341 g/mol. The topological polar surface area (TPSA) is 85.0 Å². The molecule has 20 heavy (non-hydrogen) atoms. The van der Waals surface area contributed by atoms with Crippen LogP contribution >= 0.6 is 15.9 Å². The van der Waals surface area contributed by atoms with E-state index >= 15 is 0 Å². The molecule has 0 bridgehead atoms. The van der Waals surface area contributed by atoms with Crippen molar-refractivity contribution in [2.75, 3.05) is 18.5 Å². The number of aryl methyl sites for hydroxylation is 1. The third-order valence-electron chi connectivity index (χ3n) is 2.74. The minimum atomic E-state index is -0.254. The number of aliphatic hydroxyl groups excluding tert-OH is 1. The van der Waals surface area contributed by atoms with Gasteiger partial charge in [0, 0.05) is 25.5 Å². The molecule has 0 saturated heterocycles. The Hall–Kier alpha value is -1.67. The molecule has 0 saturated carbocycles. The van der Waals surface area contributed by atoms with Crippen LogP contribution in [0.3, 0.4) is 0 Å². The number of hydrogen-bond acceptors (Lipinski definition) is 5. The van der Waals surface area contributed by atoms with Gasteiger partial charge in [-0.05, 0) is 28.4 Å². The van der Waals surface area contributed by atoms with E-state index in [2.05, 4.69) is 31.4 Å². The molecular formula is C12H16BrN5O2. The predicted octanol–water partition coefficient (Wildman–Crippen LogP) is 0.697. The molecule has 0 atom stereocenters. The summed E-state index contributed by atoms with van der Waals surface area (Å²) >= 11 is 3.26. The molecule has 0 amide bonds. The molecule has 8 heteroatoms. The van der Waals surface area contributed by atoms with Gasteiger partial charge in [0.1, 0.15) is 4.47 Å². The molecule has 2 rings (SSSR count). The molecule has 0 unspecified atom stereocenters. The van der Waals surface area contributed by atoms with Crippen LogP contribution in [0.2, 0.25) is 0 Å².